The molecule has 1 N–H and O–H groups in total. The van der Waals surface area contributed by atoms with E-state index in [9.17, 15) is 0 Å². The molecule has 1 nitrogen and oxygen atoms in total. The Morgan fingerprint density at radius 1 is 1.11 bits per heavy atom. The van der Waals surface area contributed by atoms with Gasteiger partial charge >= 0.3 is 0 Å². The molecule has 2 atom stereocenters. The lowest BCUT2D eigenvalue weighted by atomic mass is 9.96. The average molecular weight is 245 g/mol. The largest absolute Gasteiger partial charge is 0.310 e. The molecule has 1 fully saturated rings. The third-order valence-electron chi connectivity index (χ3n) is 4.63. The number of hydrogen-bond acceptors (Lipinski definition) is 1. The minimum atomic E-state index is 0.715. The first-order valence-electron chi connectivity index (χ1n) is 7.47. The minimum absolute atomic E-state index is 0.715. The molecule has 0 amide bonds. The van der Waals surface area contributed by atoms with Gasteiger partial charge in [-0.25, -0.2) is 0 Å². The van der Waals surface area contributed by atoms with Crippen LogP contribution in [0.15, 0.2) is 18.2 Å². The maximum Gasteiger partial charge on any atom is 0.0210 e. The van der Waals surface area contributed by atoms with Crippen molar-refractivity contribution in [2.24, 2.45) is 5.92 Å². The molecule has 0 radical (unpaired) electrons. The summed E-state index contributed by atoms with van der Waals surface area (Å²) in [4.78, 5) is 0. The van der Waals surface area contributed by atoms with Gasteiger partial charge in [0.2, 0.25) is 0 Å². The van der Waals surface area contributed by atoms with Crippen LogP contribution in [0.4, 0.5) is 0 Å². The van der Waals surface area contributed by atoms with Gasteiger partial charge in [-0.2, -0.15) is 0 Å². The summed E-state index contributed by atoms with van der Waals surface area (Å²) in [5.41, 5.74) is 4.32. The first kappa shape index (κ1) is 13.6. The van der Waals surface area contributed by atoms with Gasteiger partial charge in [0.25, 0.3) is 0 Å². The van der Waals surface area contributed by atoms with Crippen molar-refractivity contribution < 1.29 is 0 Å². The van der Waals surface area contributed by atoms with Crippen LogP contribution < -0.4 is 5.32 Å². The van der Waals surface area contributed by atoms with Gasteiger partial charge in [-0.15, -0.1) is 0 Å². The zero-order chi connectivity index (χ0) is 13.0. The second kappa shape index (κ2) is 6.38. The Labute approximate surface area is 112 Å². The second-order valence-corrected chi connectivity index (χ2v) is 5.96. The third-order valence-corrected chi connectivity index (χ3v) is 4.63. The van der Waals surface area contributed by atoms with Crippen LogP contribution in [0.5, 0.6) is 0 Å². The Morgan fingerprint density at radius 2 is 1.89 bits per heavy atom. The molecule has 2 rings (SSSR count). The lowest BCUT2D eigenvalue weighted by Gasteiger charge is -2.23. The Balaban J connectivity index is 1.95. The molecule has 18 heavy (non-hydrogen) atoms. The van der Waals surface area contributed by atoms with Crippen LogP contribution in [-0.4, -0.2) is 6.04 Å². The second-order valence-electron chi connectivity index (χ2n) is 5.96. The molecule has 100 valence electrons. The number of hydrogen-bond donors (Lipinski definition) is 1. The van der Waals surface area contributed by atoms with Crippen molar-refractivity contribution in [3.8, 4) is 0 Å². The van der Waals surface area contributed by atoms with E-state index in [1.807, 2.05) is 0 Å². The minimum Gasteiger partial charge on any atom is -0.310 e. The zero-order valence-corrected chi connectivity index (χ0v) is 12.1. The molecule has 1 aromatic carbocycles. The summed E-state index contributed by atoms with van der Waals surface area (Å²) >= 11 is 0. The quantitative estimate of drug-likeness (QED) is 0.780. The van der Waals surface area contributed by atoms with Crippen molar-refractivity contribution in [3.63, 3.8) is 0 Å². The SMILES string of the molecule is Cc1cccc(CNC2CCCCCC2C)c1C. The standard InChI is InChI=1S/C17H27N/c1-13-9-7-10-16(15(13)3)12-18-17-11-6-4-5-8-14(17)2/h7,9-10,14,17-18H,4-6,8,11-12H2,1-3H3. The maximum absolute atomic E-state index is 3.80. The summed E-state index contributed by atoms with van der Waals surface area (Å²) in [5, 5.41) is 3.80. The van der Waals surface area contributed by atoms with E-state index in [1.54, 1.807) is 0 Å². The van der Waals surface area contributed by atoms with E-state index in [-0.39, 0.29) is 0 Å². The van der Waals surface area contributed by atoms with E-state index in [4.69, 9.17) is 0 Å². The Morgan fingerprint density at radius 3 is 2.72 bits per heavy atom. The normalized spacial score (nSPS) is 24.8. The molecular formula is C17H27N. The van der Waals surface area contributed by atoms with Crippen LogP contribution in [-0.2, 0) is 6.54 Å². The summed E-state index contributed by atoms with van der Waals surface area (Å²) in [6, 6.07) is 7.35. The van der Waals surface area contributed by atoms with Gasteiger partial charge < -0.3 is 5.32 Å². The van der Waals surface area contributed by atoms with Crippen molar-refractivity contribution in [1.29, 1.82) is 0 Å². The lowest BCUT2D eigenvalue weighted by Crippen LogP contribution is -2.34. The fraction of sp³-hybridized carbons (Fsp3) is 0.647. The zero-order valence-electron chi connectivity index (χ0n) is 12.1. The van der Waals surface area contributed by atoms with Crippen LogP contribution in [0.1, 0.15) is 55.7 Å². The van der Waals surface area contributed by atoms with E-state index < -0.39 is 0 Å². The molecule has 1 heteroatoms. The van der Waals surface area contributed by atoms with Crippen molar-refractivity contribution >= 4 is 0 Å². The van der Waals surface area contributed by atoms with Gasteiger partial charge in [0.15, 0.2) is 0 Å². The van der Waals surface area contributed by atoms with Gasteiger partial charge in [-0.05, 0) is 49.3 Å². The van der Waals surface area contributed by atoms with Crippen LogP contribution in [0.3, 0.4) is 0 Å². The first-order chi connectivity index (χ1) is 8.68. The highest BCUT2D eigenvalue weighted by atomic mass is 14.9. The molecule has 0 aromatic heterocycles. The van der Waals surface area contributed by atoms with Crippen LogP contribution in [0.25, 0.3) is 0 Å². The molecule has 0 aliphatic heterocycles. The summed E-state index contributed by atoms with van der Waals surface area (Å²) in [5.74, 6) is 0.831. The van der Waals surface area contributed by atoms with Crippen molar-refractivity contribution in [2.75, 3.05) is 0 Å². The average Bonchev–Trinajstić information content (AvgIpc) is 2.56. The van der Waals surface area contributed by atoms with Gasteiger partial charge in [0.1, 0.15) is 0 Å². The molecule has 1 saturated carbocycles. The van der Waals surface area contributed by atoms with Crippen LogP contribution in [0, 0.1) is 19.8 Å². The van der Waals surface area contributed by atoms with E-state index >= 15 is 0 Å². The summed E-state index contributed by atoms with van der Waals surface area (Å²) in [6.45, 7) is 7.88. The fourth-order valence-corrected chi connectivity index (χ4v) is 3.04. The van der Waals surface area contributed by atoms with Crippen LogP contribution >= 0.6 is 0 Å². The summed E-state index contributed by atoms with van der Waals surface area (Å²) in [7, 11) is 0. The first-order valence-corrected chi connectivity index (χ1v) is 7.47. The van der Waals surface area contributed by atoms with Gasteiger partial charge in [0.05, 0.1) is 0 Å². The number of rotatable bonds is 3. The Hall–Kier alpha value is -0.820. The van der Waals surface area contributed by atoms with Crippen molar-refractivity contribution in [1.82, 2.24) is 5.32 Å². The Kier molecular flexibility index (Phi) is 4.82. The Bertz CT molecular complexity index is 383. The van der Waals surface area contributed by atoms with Crippen molar-refractivity contribution in [3.05, 3.63) is 34.9 Å². The van der Waals surface area contributed by atoms with Gasteiger partial charge in [-0.3, -0.25) is 0 Å². The van der Waals surface area contributed by atoms with Gasteiger partial charge in [-0.1, -0.05) is 44.4 Å². The molecule has 0 heterocycles. The predicted molar refractivity (Wildman–Crippen MR) is 78.8 cm³/mol. The number of aryl methyl sites for hydroxylation is 1. The smallest absolute Gasteiger partial charge is 0.0210 e. The summed E-state index contributed by atoms with van der Waals surface area (Å²) < 4.78 is 0. The molecule has 0 bridgehead atoms. The highest BCUT2D eigenvalue weighted by Crippen LogP contribution is 2.23. The van der Waals surface area contributed by atoms with E-state index in [2.05, 4.69) is 44.3 Å². The van der Waals surface area contributed by atoms with Gasteiger partial charge in [0, 0.05) is 12.6 Å². The molecule has 0 spiro atoms. The number of benzene rings is 1. The molecule has 1 aromatic rings. The predicted octanol–water partition coefficient (Wildman–Crippen LogP) is 4.36. The van der Waals surface area contributed by atoms with E-state index in [0.717, 1.165) is 12.5 Å². The number of nitrogens with one attached hydrogen (secondary N) is 1. The lowest BCUT2D eigenvalue weighted by molar-refractivity contribution is 0.356. The monoisotopic (exact) mass is 245 g/mol. The highest BCUT2D eigenvalue weighted by molar-refractivity contribution is 5.32. The molecule has 2 unspecified atom stereocenters. The maximum atomic E-state index is 3.80. The summed E-state index contributed by atoms with van der Waals surface area (Å²) in [6.07, 6.45) is 6.99. The van der Waals surface area contributed by atoms with Crippen LogP contribution in [0.2, 0.25) is 0 Å². The molecule has 1 aliphatic rings. The topological polar surface area (TPSA) is 12.0 Å². The van der Waals surface area contributed by atoms with E-state index in [1.165, 1.54) is 48.8 Å². The van der Waals surface area contributed by atoms with E-state index in [0.29, 0.717) is 6.04 Å². The molecule has 1 aliphatic carbocycles. The molecule has 0 saturated heterocycles. The molecular weight excluding hydrogens is 218 g/mol. The highest BCUT2D eigenvalue weighted by Gasteiger charge is 2.19. The van der Waals surface area contributed by atoms with Crippen molar-refractivity contribution in [2.45, 2.75) is 65.5 Å². The third kappa shape index (κ3) is 3.35. The fourth-order valence-electron chi connectivity index (χ4n) is 3.04.